The van der Waals surface area contributed by atoms with E-state index in [-0.39, 0.29) is 0 Å². The first-order chi connectivity index (χ1) is 9.92. The van der Waals surface area contributed by atoms with Gasteiger partial charge in [0.15, 0.2) is 0 Å². The summed E-state index contributed by atoms with van der Waals surface area (Å²) in [6.07, 6.45) is 9.44. The minimum absolute atomic E-state index is 0.783. The lowest BCUT2D eigenvalue weighted by Gasteiger charge is -2.35. The maximum Gasteiger partial charge on any atom is 0.0111 e. The summed E-state index contributed by atoms with van der Waals surface area (Å²) < 4.78 is 0. The van der Waals surface area contributed by atoms with Crippen LogP contribution in [0.2, 0.25) is 0 Å². The number of piperidine rings is 1. The van der Waals surface area contributed by atoms with Crippen molar-refractivity contribution < 1.29 is 0 Å². The first-order valence-corrected chi connectivity index (χ1v) is 8.43. The van der Waals surface area contributed by atoms with Crippen molar-refractivity contribution in [3.05, 3.63) is 35.9 Å². The second-order valence-corrected chi connectivity index (χ2v) is 6.45. The quantitative estimate of drug-likeness (QED) is 0.800. The van der Waals surface area contributed by atoms with Gasteiger partial charge < -0.3 is 10.2 Å². The molecule has 110 valence electrons. The summed E-state index contributed by atoms with van der Waals surface area (Å²) in [4.78, 5) is 2.70. The maximum atomic E-state index is 3.79. The van der Waals surface area contributed by atoms with Gasteiger partial charge in [-0.05, 0) is 70.1 Å². The average Bonchev–Trinajstić information content (AvgIpc) is 2.95. The fourth-order valence-corrected chi connectivity index (χ4v) is 3.81. The largest absolute Gasteiger partial charge is 0.314 e. The zero-order valence-electron chi connectivity index (χ0n) is 12.6. The Morgan fingerprint density at radius 1 is 1.05 bits per heavy atom. The Labute approximate surface area is 123 Å². The molecule has 3 rings (SSSR count). The monoisotopic (exact) mass is 272 g/mol. The van der Waals surface area contributed by atoms with Gasteiger partial charge in [-0.3, -0.25) is 0 Å². The van der Waals surface area contributed by atoms with Crippen LogP contribution in [0.5, 0.6) is 0 Å². The van der Waals surface area contributed by atoms with Gasteiger partial charge in [-0.15, -0.1) is 0 Å². The van der Waals surface area contributed by atoms with Gasteiger partial charge in [0.25, 0.3) is 0 Å². The molecule has 0 spiro atoms. The van der Waals surface area contributed by atoms with Gasteiger partial charge in [0.05, 0.1) is 0 Å². The average molecular weight is 272 g/mol. The zero-order chi connectivity index (χ0) is 13.6. The number of aryl methyl sites for hydroxylation is 1. The highest BCUT2D eigenvalue weighted by Gasteiger charge is 2.31. The summed E-state index contributed by atoms with van der Waals surface area (Å²) in [5, 5.41) is 3.79. The van der Waals surface area contributed by atoms with E-state index in [0.29, 0.717) is 0 Å². The van der Waals surface area contributed by atoms with Crippen LogP contribution in [0.15, 0.2) is 30.3 Å². The van der Waals surface area contributed by atoms with Crippen LogP contribution in [0.1, 0.15) is 44.1 Å². The van der Waals surface area contributed by atoms with Crippen LogP contribution in [0.3, 0.4) is 0 Å². The predicted octanol–water partition coefficient (Wildman–Crippen LogP) is 3.23. The van der Waals surface area contributed by atoms with Gasteiger partial charge in [0.1, 0.15) is 0 Å². The third-order valence-electron chi connectivity index (χ3n) is 4.99. The van der Waals surface area contributed by atoms with Gasteiger partial charge in [0.2, 0.25) is 0 Å². The number of unbranched alkanes of at least 4 members (excludes halogenated alkanes) is 1. The van der Waals surface area contributed by atoms with Crippen molar-refractivity contribution >= 4 is 0 Å². The number of hydrogen-bond donors (Lipinski definition) is 1. The van der Waals surface area contributed by atoms with Crippen LogP contribution >= 0.6 is 0 Å². The number of nitrogens with one attached hydrogen (secondary N) is 1. The van der Waals surface area contributed by atoms with Gasteiger partial charge in [-0.25, -0.2) is 0 Å². The lowest BCUT2D eigenvalue weighted by Crippen LogP contribution is -2.45. The van der Waals surface area contributed by atoms with Crippen molar-refractivity contribution in [1.29, 1.82) is 0 Å². The highest BCUT2D eigenvalue weighted by atomic mass is 15.2. The van der Waals surface area contributed by atoms with E-state index in [0.717, 1.165) is 12.1 Å². The Bertz CT molecular complexity index is 390. The molecule has 2 heteroatoms. The molecule has 0 radical (unpaired) electrons. The fraction of sp³-hybridized carbons (Fsp3) is 0.667. The van der Waals surface area contributed by atoms with Crippen LogP contribution in [-0.2, 0) is 6.42 Å². The lowest BCUT2D eigenvalue weighted by atomic mass is 9.97. The van der Waals surface area contributed by atoms with Crippen LogP contribution in [-0.4, -0.2) is 36.6 Å². The predicted molar refractivity (Wildman–Crippen MR) is 85.0 cm³/mol. The number of nitrogens with zero attached hydrogens (tertiary/aromatic N) is 1. The lowest BCUT2D eigenvalue weighted by molar-refractivity contribution is 0.167. The number of hydrogen-bond acceptors (Lipinski definition) is 2. The third kappa shape index (κ3) is 3.83. The SMILES string of the molecule is c1ccc(CCCCNC2CCN3CCCC3C2)cc1. The van der Waals surface area contributed by atoms with Crippen LogP contribution in [0, 0.1) is 0 Å². The summed E-state index contributed by atoms with van der Waals surface area (Å²) in [6, 6.07) is 12.5. The van der Waals surface area contributed by atoms with Crippen LogP contribution in [0.4, 0.5) is 0 Å². The van der Waals surface area contributed by atoms with E-state index in [1.807, 2.05) is 0 Å². The van der Waals surface area contributed by atoms with E-state index in [9.17, 15) is 0 Å². The molecular weight excluding hydrogens is 244 g/mol. The second-order valence-electron chi connectivity index (χ2n) is 6.45. The molecule has 0 amide bonds. The summed E-state index contributed by atoms with van der Waals surface area (Å²) in [7, 11) is 0. The Morgan fingerprint density at radius 2 is 1.95 bits per heavy atom. The smallest absolute Gasteiger partial charge is 0.0111 e. The first kappa shape index (κ1) is 14.1. The van der Waals surface area contributed by atoms with Crippen molar-refractivity contribution in [2.24, 2.45) is 0 Å². The third-order valence-corrected chi connectivity index (χ3v) is 4.99. The van der Waals surface area contributed by atoms with Crippen molar-refractivity contribution in [3.63, 3.8) is 0 Å². The molecule has 2 unspecified atom stereocenters. The molecule has 20 heavy (non-hydrogen) atoms. The van der Waals surface area contributed by atoms with Crippen molar-refractivity contribution in [2.45, 2.75) is 57.0 Å². The molecule has 2 saturated heterocycles. The zero-order valence-corrected chi connectivity index (χ0v) is 12.6. The van der Waals surface area contributed by atoms with E-state index < -0.39 is 0 Å². The fourth-order valence-electron chi connectivity index (χ4n) is 3.81. The van der Waals surface area contributed by atoms with Crippen LogP contribution < -0.4 is 5.32 Å². The number of fused-ring (bicyclic) bond motifs is 1. The molecule has 1 N–H and O–H groups in total. The normalized spacial score (nSPS) is 26.6. The Hall–Kier alpha value is -0.860. The molecule has 2 aliphatic rings. The van der Waals surface area contributed by atoms with E-state index in [2.05, 4.69) is 40.5 Å². The molecule has 1 aromatic carbocycles. The molecule has 2 heterocycles. The standard InChI is InChI=1S/C18H28N2/c1-2-7-16(8-3-1)9-4-5-12-19-17-11-14-20-13-6-10-18(20)15-17/h1-3,7-8,17-19H,4-6,9-15H2. The van der Waals surface area contributed by atoms with Gasteiger partial charge in [-0.1, -0.05) is 30.3 Å². The van der Waals surface area contributed by atoms with Gasteiger partial charge in [-0.2, -0.15) is 0 Å². The molecule has 0 aromatic heterocycles. The summed E-state index contributed by atoms with van der Waals surface area (Å²) in [6.45, 7) is 3.88. The minimum Gasteiger partial charge on any atom is -0.314 e. The first-order valence-electron chi connectivity index (χ1n) is 8.43. The highest BCUT2D eigenvalue weighted by Crippen LogP contribution is 2.26. The van der Waals surface area contributed by atoms with Gasteiger partial charge in [0, 0.05) is 12.1 Å². The number of rotatable bonds is 6. The maximum absolute atomic E-state index is 3.79. The second kappa shape index (κ2) is 7.24. The molecule has 1 aromatic rings. The molecular formula is C18H28N2. The molecule has 2 atom stereocenters. The molecule has 0 saturated carbocycles. The van der Waals surface area contributed by atoms with Crippen LogP contribution in [0.25, 0.3) is 0 Å². The van der Waals surface area contributed by atoms with Gasteiger partial charge >= 0.3 is 0 Å². The molecule has 2 aliphatic heterocycles. The molecule has 2 nitrogen and oxygen atoms in total. The minimum atomic E-state index is 0.783. The Kier molecular flexibility index (Phi) is 5.10. The van der Waals surface area contributed by atoms with E-state index >= 15 is 0 Å². The molecule has 0 bridgehead atoms. The van der Waals surface area contributed by atoms with Crippen molar-refractivity contribution in [2.75, 3.05) is 19.6 Å². The molecule has 0 aliphatic carbocycles. The van der Waals surface area contributed by atoms with Crippen molar-refractivity contribution in [3.8, 4) is 0 Å². The Morgan fingerprint density at radius 3 is 2.85 bits per heavy atom. The van der Waals surface area contributed by atoms with Crippen molar-refractivity contribution in [1.82, 2.24) is 10.2 Å². The topological polar surface area (TPSA) is 15.3 Å². The number of benzene rings is 1. The van der Waals surface area contributed by atoms with E-state index in [1.54, 1.807) is 0 Å². The van der Waals surface area contributed by atoms with E-state index in [1.165, 1.54) is 70.1 Å². The summed E-state index contributed by atoms with van der Waals surface area (Å²) >= 11 is 0. The highest BCUT2D eigenvalue weighted by molar-refractivity contribution is 5.14. The summed E-state index contributed by atoms with van der Waals surface area (Å²) in [5.41, 5.74) is 1.48. The molecule has 2 fully saturated rings. The summed E-state index contributed by atoms with van der Waals surface area (Å²) in [5.74, 6) is 0. The Balaban J connectivity index is 1.28. The van der Waals surface area contributed by atoms with E-state index in [4.69, 9.17) is 0 Å².